The number of aryl methyl sites for hydroxylation is 2. The highest BCUT2D eigenvalue weighted by molar-refractivity contribution is 5.88. The topological polar surface area (TPSA) is 25.2 Å². The van der Waals surface area contributed by atoms with E-state index in [0.717, 1.165) is 24.3 Å². The van der Waals surface area contributed by atoms with Crippen LogP contribution in [0.2, 0.25) is 0 Å². The van der Waals surface area contributed by atoms with E-state index in [1.165, 1.54) is 22.1 Å². The molecule has 0 amide bonds. The van der Waals surface area contributed by atoms with Crippen molar-refractivity contribution in [1.82, 2.24) is 5.32 Å². The summed E-state index contributed by atoms with van der Waals surface area (Å²) in [4.78, 5) is 0. The maximum atomic E-state index is 6.20. The first-order valence-corrected chi connectivity index (χ1v) is 7.64. The van der Waals surface area contributed by atoms with E-state index in [-0.39, 0.29) is 0 Å². The van der Waals surface area contributed by atoms with Crippen LogP contribution >= 0.6 is 0 Å². The summed E-state index contributed by atoms with van der Waals surface area (Å²) < 4.78 is 6.20. The van der Waals surface area contributed by atoms with Gasteiger partial charge in [0.05, 0.1) is 6.54 Å². The Labute approximate surface area is 122 Å². The van der Waals surface area contributed by atoms with E-state index in [1.807, 2.05) is 0 Å². The number of rotatable bonds is 5. The van der Waals surface area contributed by atoms with Gasteiger partial charge in [-0.3, -0.25) is 0 Å². The molecule has 0 unspecified atom stereocenters. The average molecular weight is 273 g/mol. The highest BCUT2D eigenvalue weighted by Crippen LogP contribution is 2.32. The van der Waals surface area contributed by atoms with Crippen molar-refractivity contribution in [2.75, 3.05) is 0 Å². The minimum atomic E-state index is 0.470. The lowest BCUT2D eigenvalue weighted by atomic mass is 9.96. The van der Waals surface area contributed by atoms with Crippen molar-refractivity contribution in [3.05, 3.63) is 34.6 Å². The van der Waals surface area contributed by atoms with E-state index < -0.39 is 0 Å². The van der Waals surface area contributed by atoms with E-state index in [9.17, 15) is 0 Å². The second-order valence-corrected chi connectivity index (χ2v) is 6.54. The van der Waals surface area contributed by atoms with Gasteiger partial charge < -0.3 is 9.73 Å². The van der Waals surface area contributed by atoms with Crippen LogP contribution < -0.4 is 5.32 Å². The van der Waals surface area contributed by atoms with E-state index in [4.69, 9.17) is 4.42 Å². The molecule has 20 heavy (non-hydrogen) atoms. The predicted octanol–water partition coefficient (Wildman–Crippen LogP) is 4.75. The van der Waals surface area contributed by atoms with Crippen LogP contribution in [-0.2, 0) is 13.0 Å². The van der Waals surface area contributed by atoms with Gasteiger partial charge in [-0.05, 0) is 37.3 Å². The zero-order valence-corrected chi connectivity index (χ0v) is 13.6. The first kappa shape index (κ1) is 15.1. The van der Waals surface area contributed by atoms with Crippen LogP contribution in [0.25, 0.3) is 11.0 Å². The molecular formula is C18H27NO. The van der Waals surface area contributed by atoms with Crippen LogP contribution in [0.15, 0.2) is 16.5 Å². The van der Waals surface area contributed by atoms with Gasteiger partial charge in [0, 0.05) is 17.0 Å². The Bertz CT molecular complexity index is 593. The van der Waals surface area contributed by atoms with Gasteiger partial charge in [0.25, 0.3) is 0 Å². The third-order valence-corrected chi connectivity index (χ3v) is 3.71. The first-order chi connectivity index (χ1) is 9.40. The molecule has 110 valence electrons. The van der Waals surface area contributed by atoms with Gasteiger partial charge in [-0.2, -0.15) is 0 Å². The average Bonchev–Trinajstić information content (AvgIpc) is 2.71. The number of hydrogen-bond acceptors (Lipinski definition) is 2. The number of nitrogens with one attached hydrogen (secondary N) is 1. The van der Waals surface area contributed by atoms with Gasteiger partial charge in [0.1, 0.15) is 11.3 Å². The number of fused-ring (bicyclic) bond motifs is 1. The Morgan fingerprint density at radius 2 is 1.70 bits per heavy atom. The molecular weight excluding hydrogens is 246 g/mol. The molecule has 1 heterocycles. The van der Waals surface area contributed by atoms with Crippen molar-refractivity contribution in [1.29, 1.82) is 0 Å². The summed E-state index contributed by atoms with van der Waals surface area (Å²) in [5, 5.41) is 4.81. The molecule has 1 N–H and O–H groups in total. The van der Waals surface area contributed by atoms with Crippen LogP contribution in [0, 0.1) is 19.8 Å². The molecule has 1 aromatic heterocycles. The summed E-state index contributed by atoms with van der Waals surface area (Å²) in [6.45, 7) is 14.0. The highest BCUT2D eigenvalue weighted by Gasteiger charge is 2.18. The summed E-state index contributed by atoms with van der Waals surface area (Å²) in [6.07, 6.45) is 1.08. The van der Waals surface area contributed by atoms with Crippen LogP contribution in [-0.4, -0.2) is 6.04 Å². The van der Waals surface area contributed by atoms with Crippen molar-refractivity contribution in [2.45, 2.75) is 60.5 Å². The normalized spacial score (nSPS) is 12.0. The third-order valence-electron chi connectivity index (χ3n) is 3.71. The van der Waals surface area contributed by atoms with Gasteiger partial charge in [0.2, 0.25) is 0 Å². The fourth-order valence-corrected chi connectivity index (χ4v) is 2.68. The van der Waals surface area contributed by atoms with E-state index in [0.29, 0.717) is 12.0 Å². The second-order valence-electron chi connectivity index (χ2n) is 6.54. The van der Waals surface area contributed by atoms with Gasteiger partial charge in [-0.1, -0.05) is 39.8 Å². The maximum Gasteiger partial charge on any atom is 0.137 e. The summed E-state index contributed by atoms with van der Waals surface area (Å²) in [6, 6.07) is 4.83. The third kappa shape index (κ3) is 3.06. The van der Waals surface area contributed by atoms with Crippen molar-refractivity contribution in [2.24, 2.45) is 5.92 Å². The molecule has 0 radical (unpaired) electrons. The Morgan fingerprint density at radius 3 is 2.30 bits per heavy atom. The molecule has 0 bridgehead atoms. The molecule has 1 aromatic carbocycles. The molecule has 2 nitrogen and oxygen atoms in total. The molecule has 0 spiro atoms. The van der Waals surface area contributed by atoms with E-state index >= 15 is 0 Å². The monoisotopic (exact) mass is 273 g/mol. The lowest BCUT2D eigenvalue weighted by Crippen LogP contribution is -2.22. The van der Waals surface area contributed by atoms with Crippen molar-refractivity contribution in [3.63, 3.8) is 0 Å². The quantitative estimate of drug-likeness (QED) is 0.850. The van der Waals surface area contributed by atoms with Gasteiger partial charge in [0.15, 0.2) is 0 Å². The van der Waals surface area contributed by atoms with E-state index in [1.54, 1.807) is 0 Å². The number of benzene rings is 1. The largest absolute Gasteiger partial charge is 0.459 e. The summed E-state index contributed by atoms with van der Waals surface area (Å²) in [7, 11) is 0. The minimum absolute atomic E-state index is 0.470. The first-order valence-electron chi connectivity index (χ1n) is 7.64. The molecule has 0 atom stereocenters. The van der Waals surface area contributed by atoms with Crippen LogP contribution in [0.5, 0.6) is 0 Å². The summed E-state index contributed by atoms with van der Waals surface area (Å²) in [5.74, 6) is 1.74. The summed E-state index contributed by atoms with van der Waals surface area (Å²) in [5.41, 5.74) is 5.01. The lowest BCUT2D eigenvalue weighted by Gasteiger charge is -2.10. The molecule has 2 heteroatoms. The fraction of sp³-hybridized carbons (Fsp3) is 0.556. The van der Waals surface area contributed by atoms with Crippen LogP contribution in [0.1, 0.15) is 50.1 Å². The van der Waals surface area contributed by atoms with Gasteiger partial charge in [-0.15, -0.1) is 0 Å². The summed E-state index contributed by atoms with van der Waals surface area (Å²) >= 11 is 0. The molecule has 2 rings (SSSR count). The molecule has 0 saturated carbocycles. The molecule has 0 aliphatic rings. The highest BCUT2D eigenvalue weighted by atomic mass is 16.3. The zero-order valence-electron chi connectivity index (χ0n) is 13.6. The Kier molecular flexibility index (Phi) is 4.54. The smallest absolute Gasteiger partial charge is 0.137 e. The SMILES string of the molecule is Cc1ccc(C)c2c(CC(C)C)c(CNC(C)C)oc12. The fourth-order valence-electron chi connectivity index (χ4n) is 2.68. The van der Waals surface area contributed by atoms with E-state index in [2.05, 4.69) is 59.0 Å². The molecule has 2 aromatic rings. The van der Waals surface area contributed by atoms with Crippen LogP contribution in [0.3, 0.4) is 0 Å². The number of furan rings is 1. The zero-order chi connectivity index (χ0) is 14.9. The Morgan fingerprint density at radius 1 is 1.05 bits per heavy atom. The standard InChI is InChI=1S/C18H27NO/c1-11(2)9-15-16(10-19-12(3)4)20-18-14(6)8-7-13(5)17(15)18/h7-8,11-12,19H,9-10H2,1-6H3. The van der Waals surface area contributed by atoms with Gasteiger partial charge in [-0.25, -0.2) is 0 Å². The molecule has 0 aliphatic heterocycles. The number of hydrogen-bond donors (Lipinski definition) is 1. The molecule has 0 saturated heterocycles. The molecule has 0 aliphatic carbocycles. The van der Waals surface area contributed by atoms with Crippen molar-refractivity contribution < 1.29 is 4.42 Å². The van der Waals surface area contributed by atoms with Crippen molar-refractivity contribution in [3.8, 4) is 0 Å². The van der Waals surface area contributed by atoms with Gasteiger partial charge >= 0.3 is 0 Å². The van der Waals surface area contributed by atoms with Crippen molar-refractivity contribution >= 4 is 11.0 Å². The maximum absolute atomic E-state index is 6.20. The molecule has 0 fully saturated rings. The van der Waals surface area contributed by atoms with Crippen LogP contribution in [0.4, 0.5) is 0 Å². The lowest BCUT2D eigenvalue weighted by molar-refractivity contribution is 0.478. The minimum Gasteiger partial charge on any atom is -0.459 e. The predicted molar refractivity (Wildman–Crippen MR) is 86.2 cm³/mol. The Balaban J connectivity index is 2.54. The second kappa shape index (κ2) is 6.01. The Hall–Kier alpha value is -1.28.